The molecule has 3 aromatic rings. The van der Waals surface area contributed by atoms with Crippen LogP contribution in [0.1, 0.15) is 21.7 Å². The summed E-state index contributed by atoms with van der Waals surface area (Å²) in [5.74, 6) is -1.67. The highest BCUT2D eigenvalue weighted by Gasteiger charge is 2.34. The van der Waals surface area contributed by atoms with Crippen molar-refractivity contribution in [1.82, 2.24) is 5.32 Å². The van der Waals surface area contributed by atoms with Crippen molar-refractivity contribution < 1.29 is 23.9 Å². The normalized spacial score (nSPS) is 14.9. The van der Waals surface area contributed by atoms with E-state index in [4.69, 9.17) is 27.0 Å². The van der Waals surface area contributed by atoms with Crippen LogP contribution < -0.4 is 10.2 Å². The summed E-state index contributed by atoms with van der Waals surface area (Å²) >= 11 is 5.14. The molecular weight excluding hydrogens is 430 g/mol. The smallest absolute Gasteiger partial charge is 0.335 e. The predicted molar refractivity (Wildman–Crippen MR) is 118 cm³/mol. The molecule has 1 aromatic heterocycles. The SMILES string of the molecule is N#Cc1ccc(-c2ccc(/C=C3\C(=O)NC(=S)N(c4ccc(C(=O)O)cc4)C3=O)o2)cc1. The van der Waals surface area contributed by atoms with E-state index in [1.165, 1.54) is 30.3 Å². The molecule has 0 bridgehead atoms. The van der Waals surface area contributed by atoms with Crippen molar-refractivity contribution >= 4 is 46.9 Å². The van der Waals surface area contributed by atoms with Gasteiger partial charge in [-0.2, -0.15) is 5.26 Å². The molecule has 4 rings (SSSR count). The molecule has 1 aliphatic rings. The summed E-state index contributed by atoms with van der Waals surface area (Å²) in [6.45, 7) is 0. The maximum Gasteiger partial charge on any atom is 0.335 e. The van der Waals surface area contributed by atoms with E-state index in [2.05, 4.69) is 5.32 Å². The first-order valence-corrected chi connectivity index (χ1v) is 9.63. The third-order valence-electron chi connectivity index (χ3n) is 4.69. The Morgan fingerprint density at radius 1 is 1.06 bits per heavy atom. The largest absolute Gasteiger partial charge is 0.478 e. The number of carbonyl (C=O) groups is 3. The van der Waals surface area contributed by atoms with Gasteiger partial charge in [-0.3, -0.25) is 19.8 Å². The van der Waals surface area contributed by atoms with Gasteiger partial charge >= 0.3 is 5.97 Å². The molecule has 1 fully saturated rings. The van der Waals surface area contributed by atoms with Gasteiger partial charge < -0.3 is 9.52 Å². The van der Waals surface area contributed by atoms with Crippen molar-refractivity contribution in [2.45, 2.75) is 0 Å². The number of nitriles is 1. The highest BCUT2D eigenvalue weighted by atomic mass is 32.1. The summed E-state index contributed by atoms with van der Waals surface area (Å²) in [5.41, 5.74) is 1.42. The summed E-state index contributed by atoms with van der Waals surface area (Å²) in [7, 11) is 0. The average Bonchev–Trinajstić information content (AvgIpc) is 3.25. The molecule has 1 aliphatic heterocycles. The van der Waals surface area contributed by atoms with Crippen LogP contribution in [0.25, 0.3) is 17.4 Å². The van der Waals surface area contributed by atoms with Crippen LogP contribution in [-0.4, -0.2) is 28.0 Å². The van der Waals surface area contributed by atoms with E-state index < -0.39 is 17.8 Å². The van der Waals surface area contributed by atoms with Gasteiger partial charge in [0.1, 0.15) is 17.1 Å². The summed E-state index contributed by atoms with van der Waals surface area (Å²) in [4.78, 5) is 37.6. The predicted octanol–water partition coefficient (Wildman–Crippen LogP) is 3.35. The van der Waals surface area contributed by atoms with Crippen LogP contribution in [-0.2, 0) is 9.59 Å². The molecule has 8 nitrogen and oxygen atoms in total. The quantitative estimate of drug-likeness (QED) is 0.360. The number of thiocarbonyl (C=S) groups is 1. The van der Waals surface area contributed by atoms with E-state index in [0.717, 1.165) is 10.5 Å². The number of rotatable bonds is 4. The molecule has 2 amide bonds. The van der Waals surface area contributed by atoms with Gasteiger partial charge in [0.15, 0.2) is 5.11 Å². The van der Waals surface area contributed by atoms with E-state index in [-0.39, 0.29) is 22.0 Å². The summed E-state index contributed by atoms with van der Waals surface area (Å²) < 4.78 is 5.74. The van der Waals surface area contributed by atoms with Crippen molar-refractivity contribution in [3.05, 3.63) is 83.1 Å². The van der Waals surface area contributed by atoms with Crippen LogP contribution in [0, 0.1) is 11.3 Å². The maximum atomic E-state index is 13.0. The van der Waals surface area contributed by atoms with Gasteiger partial charge in [-0.1, -0.05) is 0 Å². The molecule has 0 unspecified atom stereocenters. The van der Waals surface area contributed by atoms with Crippen LogP contribution in [0.5, 0.6) is 0 Å². The second kappa shape index (κ2) is 8.29. The zero-order chi connectivity index (χ0) is 22.8. The molecule has 0 radical (unpaired) electrons. The zero-order valence-electron chi connectivity index (χ0n) is 16.2. The van der Waals surface area contributed by atoms with Crippen molar-refractivity contribution in [2.24, 2.45) is 0 Å². The lowest BCUT2D eigenvalue weighted by Gasteiger charge is -2.28. The number of aromatic carboxylic acids is 1. The van der Waals surface area contributed by atoms with Crippen molar-refractivity contribution in [2.75, 3.05) is 4.90 Å². The number of benzene rings is 2. The van der Waals surface area contributed by atoms with Crippen molar-refractivity contribution in [1.29, 1.82) is 5.26 Å². The summed E-state index contributed by atoms with van der Waals surface area (Å²) in [6.07, 6.45) is 1.31. The number of carboxylic acid groups (broad SMARTS) is 1. The van der Waals surface area contributed by atoms with Crippen molar-refractivity contribution in [3.8, 4) is 17.4 Å². The highest BCUT2D eigenvalue weighted by Crippen LogP contribution is 2.26. The molecule has 156 valence electrons. The third kappa shape index (κ3) is 3.90. The van der Waals surface area contributed by atoms with Gasteiger partial charge in [-0.05, 0) is 79.0 Å². The Hall–Kier alpha value is -4.55. The Morgan fingerprint density at radius 2 is 1.75 bits per heavy atom. The van der Waals surface area contributed by atoms with Gasteiger partial charge in [0.05, 0.1) is 22.9 Å². The molecular formula is C23H13N3O5S. The first kappa shape index (κ1) is 20.7. The minimum atomic E-state index is -1.10. The lowest BCUT2D eigenvalue weighted by molar-refractivity contribution is -0.122. The second-order valence-corrected chi connectivity index (χ2v) is 7.09. The monoisotopic (exact) mass is 443 g/mol. The van der Waals surface area contributed by atoms with Crippen LogP contribution in [0.4, 0.5) is 5.69 Å². The molecule has 0 atom stereocenters. The number of carboxylic acids is 1. The standard InChI is InChI=1S/C23H13N3O5S/c24-12-13-1-3-14(4-2-13)19-10-9-17(31-19)11-18-20(27)25-23(32)26(21(18)28)16-7-5-15(6-8-16)22(29)30/h1-11H,(H,29,30)(H,25,27,32)/b18-11+. The Labute approximate surface area is 187 Å². The number of nitrogens with one attached hydrogen (secondary N) is 1. The fraction of sp³-hybridized carbons (Fsp3) is 0. The average molecular weight is 443 g/mol. The Morgan fingerprint density at radius 3 is 2.38 bits per heavy atom. The number of carbonyl (C=O) groups excluding carboxylic acids is 2. The van der Waals surface area contributed by atoms with Gasteiger partial charge in [0.2, 0.25) is 0 Å². The molecule has 0 aliphatic carbocycles. The summed E-state index contributed by atoms with van der Waals surface area (Å²) in [6, 6.07) is 17.6. The first-order chi connectivity index (χ1) is 15.4. The topological polar surface area (TPSA) is 124 Å². The highest BCUT2D eigenvalue weighted by molar-refractivity contribution is 7.80. The Kier molecular flexibility index (Phi) is 5.37. The number of nitrogens with zero attached hydrogens (tertiary/aromatic N) is 2. The fourth-order valence-electron chi connectivity index (χ4n) is 3.08. The lowest BCUT2D eigenvalue weighted by atomic mass is 10.1. The van der Waals surface area contributed by atoms with E-state index >= 15 is 0 Å². The van der Waals surface area contributed by atoms with Crippen LogP contribution in [0.2, 0.25) is 0 Å². The molecule has 1 saturated heterocycles. The minimum absolute atomic E-state index is 0.0508. The van der Waals surface area contributed by atoms with Gasteiger partial charge in [-0.15, -0.1) is 0 Å². The summed E-state index contributed by atoms with van der Waals surface area (Å²) in [5, 5.41) is 20.3. The first-order valence-electron chi connectivity index (χ1n) is 9.22. The second-order valence-electron chi connectivity index (χ2n) is 6.70. The number of anilines is 1. The molecule has 9 heteroatoms. The van der Waals surface area contributed by atoms with E-state index in [1.807, 2.05) is 6.07 Å². The molecule has 2 aromatic carbocycles. The lowest BCUT2D eigenvalue weighted by Crippen LogP contribution is -2.54. The van der Waals surface area contributed by atoms with Gasteiger partial charge in [0, 0.05) is 5.56 Å². The number of amides is 2. The molecule has 0 spiro atoms. The van der Waals surface area contributed by atoms with Crippen LogP contribution >= 0.6 is 12.2 Å². The molecule has 2 N–H and O–H groups in total. The zero-order valence-corrected chi connectivity index (χ0v) is 17.1. The van der Waals surface area contributed by atoms with Crippen LogP contribution in [0.15, 0.2) is 70.7 Å². The van der Waals surface area contributed by atoms with E-state index in [9.17, 15) is 14.4 Å². The van der Waals surface area contributed by atoms with Crippen LogP contribution in [0.3, 0.4) is 0 Å². The van der Waals surface area contributed by atoms with Gasteiger partial charge in [0.25, 0.3) is 11.8 Å². The molecule has 0 saturated carbocycles. The maximum absolute atomic E-state index is 13.0. The Bertz CT molecular complexity index is 1330. The minimum Gasteiger partial charge on any atom is -0.478 e. The molecule has 32 heavy (non-hydrogen) atoms. The fourth-order valence-corrected chi connectivity index (χ4v) is 3.36. The van der Waals surface area contributed by atoms with E-state index in [0.29, 0.717) is 17.0 Å². The molecule has 2 heterocycles. The number of furan rings is 1. The Balaban J connectivity index is 1.64. The van der Waals surface area contributed by atoms with Crippen molar-refractivity contribution in [3.63, 3.8) is 0 Å². The number of hydrogen-bond acceptors (Lipinski definition) is 6. The number of hydrogen-bond donors (Lipinski definition) is 2. The van der Waals surface area contributed by atoms with Gasteiger partial charge in [-0.25, -0.2) is 4.79 Å². The third-order valence-corrected chi connectivity index (χ3v) is 4.97. The van der Waals surface area contributed by atoms with E-state index in [1.54, 1.807) is 36.4 Å².